The number of hydrogen-bond donors (Lipinski definition) is 1. The Balaban J connectivity index is 2.30. The van der Waals surface area contributed by atoms with E-state index in [1.54, 1.807) is 0 Å². The molecule has 0 aliphatic carbocycles. The number of rotatable bonds is 4. The van der Waals surface area contributed by atoms with Crippen molar-refractivity contribution >= 4 is 0 Å². The van der Waals surface area contributed by atoms with Gasteiger partial charge >= 0.3 is 0 Å². The fraction of sp³-hybridized carbons (Fsp3) is 0.800. The summed E-state index contributed by atoms with van der Waals surface area (Å²) in [7, 11) is 0. The molecule has 0 aromatic rings. The van der Waals surface area contributed by atoms with Gasteiger partial charge in [-0.05, 0) is 12.8 Å². The van der Waals surface area contributed by atoms with E-state index in [9.17, 15) is 0 Å². The zero-order chi connectivity index (χ0) is 8.81. The van der Waals surface area contributed by atoms with Crippen molar-refractivity contribution in [2.75, 3.05) is 26.2 Å². The Morgan fingerprint density at radius 3 is 3.17 bits per heavy atom. The molecular formula is C10H20N2. The van der Waals surface area contributed by atoms with Crippen molar-refractivity contribution in [3.05, 3.63) is 12.7 Å². The molecule has 1 unspecified atom stereocenters. The van der Waals surface area contributed by atoms with Crippen molar-refractivity contribution in [3.63, 3.8) is 0 Å². The SMILES string of the molecule is C=CCCN1CCNCC1CC. The molecule has 1 heterocycles. The first-order chi connectivity index (χ1) is 5.88. The van der Waals surface area contributed by atoms with Gasteiger partial charge in [-0.15, -0.1) is 6.58 Å². The molecule has 1 aliphatic rings. The quantitative estimate of drug-likeness (QED) is 0.635. The molecule has 0 spiro atoms. The molecule has 0 amide bonds. The summed E-state index contributed by atoms with van der Waals surface area (Å²) >= 11 is 0. The first kappa shape index (κ1) is 9.75. The fourth-order valence-corrected chi connectivity index (χ4v) is 1.76. The van der Waals surface area contributed by atoms with Crippen LogP contribution >= 0.6 is 0 Å². The van der Waals surface area contributed by atoms with Gasteiger partial charge in [0, 0.05) is 32.2 Å². The number of nitrogens with zero attached hydrogens (tertiary/aromatic N) is 1. The van der Waals surface area contributed by atoms with Crippen LogP contribution in [0.3, 0.4) is 0 Å². The van der Waals surface area contributed by atoms with Gasteiger partial charge < -0.3 is 5.32 Å². The third-order valence-electron chi connectivity index (χ3n) is 2.56. The van der Waals surface area contributed by atoms with Crippen molar-refractivity contribution in [1.82, 2.24) is 10.2 Å². The first-order valence-electron chi connectivity index (χ1n) is 4.94. The summed E-state index contributed by atoms with van der Waals surface area (Å²) in [6.45, 7) is 10.7. The van der Waals surface area contributed by atoms with E-state index in [-0.39, 0.29) is 0 Å². The summed E-state index contributed by atoms with van der Waals surface area (Å²) in [6, 6.07) is 0.749. The molecule has 1 rings (SSSR count). The van der Waals surface area contributed by atoms with Gasteiger partial charge in [-0.1, -0.05) is 13.0 Å². The second kappa shape index (κ2) is 5.33. The second-order valence-electron chi connectivity index (χ2n) is 3.38. The van der Waals surface area contributed by atoms with Gasteiger partial charge in [-0.25, -0.2) is 0 Å². The van der Waals surface area contributed by atoms with Gasteiger partial charge in [0.15, 0.2) is 0 Å². The standard InChI is InChI=1S/C10H20N2/c1-3-5-7-12-8-6-11-9-10(12)4-2/h3,10-11H,1,4-9H2,2H3. The van der Waals surface area contributed by atoms with Crippen LogP contribution in [0.2, 0.25) is 0 Å². The smallest absolute Gasteiger partial charge is 0.0218 e. The van der Waals surface area contributed by atoms with Crippen LogP contribution in [0.4, 0.5) is 0 Å². The van der Waals surface area contributed by atoms with Gasteiger partial charge in [0.05, 0.1) is 0 Å². The normalized spacial score (nSPS) is 25.6. The van der Waals surface area contributed by atoms with Crippen molar-refractivity contribution in [2.45, 2.75) is 25.8 Å². The molecule has 1 aliphatic heterocycles. The summed E-state index contributed by atoms with van der Waals surface area (Å²) in [6.07, 6.45) is 4.38. The Kier molecular flexibility index (Phi) is 4.33. The molecule has 12 heavy (non-hydrogen) atoms. The molecule has 0 bridgehead atoms. The van der Waals surface area contributed by atoms with Gasteiger partial charge in [-0.2, -0.15) is 0 Å². The van der Waals surface area contributed by atoms with Gasteiger partial charge in [0.25, 0.3) is 0 Å². The highest BCUT2D eigenvalue weighted by Crippen LogP contribution is 2.07. The maximum Gasteiger partial charge on any atom is 0.0218 e. The molecule has 0 aromatic carbocycles. The zero-order valence-electron chi connectivity index (χ0n) is 8.05. The molecule has 1 fully saturated rings. The molecule has 0 saturated carbocycles. The minimum absolute atomic E-state index is 0.749. The molecule has 1 atom stereocenters. The summed E-state index contributed by atoms with van der Waals surface area (Å²) < 4.78 is 0. The van der Waals surface area contributed by atoms with E-state index in [0.717, 1.165) is 25.6 Å². The summed E-state index contributed by atoms with van der Waals surface area (Å²) in [5.74, 6) is 0. The Bertz CT molecular complexity index is 134. The average molecular weight is 168 g/mol. The molecule has 0 radical (unpaired) electrons. The molecule has 1 N–H and O–H groups in total. The van der Waals surface area contributed by atoms with Gasteiger partial charge in [0.1, 0.15) is 0 Å². The number of nitrogens with one attached hydrogen (secondary N) is 1. The minimum Gasteiger partial charge on any atom is -0.314 e. The lowest BCUT2D eigenvalue weighted by Crippen LogP contribution is -2.51. The van der Waals surface area contributed by atoms with Crippen LogP contribution in [0, 0.1) is 0 Å². The Hall–Kier alpha value is -0.340. The van der Waals surface area contributed by atoms with Crippen molar-refractivity contribution in [1.29, 1.82) is 0 Å². The summed E-state index contributed by atoms with van der Waals surface area (Å²) in [5, 5.41) is 3.42. The maximum absolute atomic E-state index is 3.75. The monoisotopic (exact) mass is 168 g/mol. The van der Waals surface area contributed by atoms with E-state index in [1.807, 2.05) is 6.08 Å². The molecule has 2 heteroatoms. The lowest BCUT2D eigenvalue weighted by atomic mass is 10.1. The molecule has 1 saturated heterocycles. The second-order valence-corrected chi connectivity index (χ2v) is 3.38. The van der Waals surface area contributed by atoms with Crippen LogP contribution in [0.1, 0.15) is 19.8 Å². The Morgan fingerprint density at radius 2 is 2.50 bits per heavy atom. The van der Waals surface area contributed by atoms with E-state index in [2.05, 4.69) is 23.7 Å². The van der Waals surface area contributed by atoms with E-state index in [1.165, 1.54) is 19.5 Å². The van der Waals surface area contributed by atoms with Crippen molar-refractivity contribution in [2.24, 2.45) is 0 Å². The average Bonchev–Trinajstić information content (AvgIpc) is 2.15. The minimum atomic E-state index is 0.749. The highest BCUT2D eigenvalue weighted by Gasteiger charge is 2.18. The third kappa shape index (κ3) is 2.61. The lowest BCUT2D eigenvalue weighted by Gasteiger charge is -2.35. The van der Waals surface area contributed by atoms with Crippen LogP contribution in [0.25, 0.3) is 0 Å². The van der Waals surface area contributed by atoms with Crippen LogP contribution in [-0.2, 0) is 0 Å². The third-order valence-corrected chi connectivity index (χ3v) is 2.56. The van der Waals surface area contributed by atoms with Crippen molar-refractivity contribution in [3.8, 4) is 0 Å². The number of piperazine rings is 1. The van der Waals surface area contributed by atoms with Crippen LogP contribution < -0.4 is 5.32 Å². The lowest BCUT2D eigenvalue weighted by molar-refractivity contribution is 0.160. The number of hydrogen-bond acceptors (Lipinski definition) is 2. The largest absolute Gasteiger partial charge is 0.314 e. The predicted molar refractivity (Wildman–Crippen MR) is 53.3 cm³/mol. The molecular weight excluding hydrogens is 148 g/mol. The van der Waals surface area contributed by atoms with Gasteiger partial charge in [0.2, 0.25) is 0 Å². The zero-order valence-corrected chi connectivity index (χ0v) is 8.05. The van der Waals surface area contributed by atoms with Crippen LogP contribution in [-0.4, -0.2) is 37.1 Å². The van der Waals surface area contributed by atoms with E-state index in [0.29, 0.717) is 0 Å². The molecule has 70 valence electrons. The van der Waals surface area contributed by atoms with Crippen LogP contribution in [0.5, 0.6) is 0 Å². The molecule has 2 nitrogen and oxygen atoms in total. The van der Waals surface area contributed by atoms with Crippen LogP contribution in [0.15, 0.2) is 12.7 Å². The van der Waals surface area contributed by atoms with E-state index < -0.39 is 0 Å². The van der Waals surface area contributed by atoms with Gasteiger partial charge in [-0.3, -0.25) is 4.90 Å². The fourth-order valence-electron chi connectivity index (χ4n) is 1.76. The van der Waals surface area contributed by atoms with E-state index >= 15 is 0 Å². The predicted octanol–water partition coefficient (Wildman–Crippen LogP) is 1.25. The summed E-state index contributed by atoms with van der Waals surface area (Å²) in [5.41, 5.74) is 0. The highest BCUT2D eigenvalue weighted by atomic mass is 15.2. The summed E-state index contributed by atoms with van der Waals surface area (Å²) in [4.78, 5) is 2.57. The first-order valence-corrected chi connectivity index (χ1v) is 4.94. The highest BCUT2D eigenvalue weighted by molar-refractivity contribution is 4.80. The van der Waals surface area contributed by atoms with Crippen molar-refractivity contribution < 1.29 is 0 Å². The van der Waals surface area contributed by atoms with E-state index in [4.69, 9.17) is 0 Å². The maximum atomic E-state index is 3.75. The Morgan fingerprint density at radius 1 is 1.67 bits per heavy atom. The topological polar surface area (TPSA) is 15.3 Å². The molecule has 0 aromatic heterocycles. The Labute approximate surface area is 75.6 Å².